The van der Waals surface area contributed by atoms with Crippen LogP contribution in [0.4, 0.5) is 6.01 Å². The van der Waals surface area contributed by atoms with Crippen molar-refractivity contribution in [2.45, 2.75) is 52.4 Å². The van der Waals surface area contributed by atoms with Crippen LogP contribution in [0.15, 0.2) is 10.7 Å². The van der Waals surface area contributed by atoms with E-state index in [1.54, 1.807) is 6.26 Å². The van der Waals surface area contributed by atoms with E-state index < -0.39 is 0 Å². The highest BCUT2D eigenvalue weighted by atomic mass is 16.4. The number of unbranched alkanes of at least 4 members (excludes halogenated alkanes) is 1. The fourth-order valence-electron chi connectivity index (χ4n) is 2.35. The molecule has 4 heteroatoms. The van der Waals surface area contributed by atoms with Gasteiger partial charge in [0.1, 0.15) is 6.26 Å². The Morgan fingerprint density at radius 1 is 1.59 bits per heavy atom. The summed E-state index contributed by atoms with van der Waals surface area (Å²) in [5.41, 5.74) is 0.634. The van der Waals surface area contributed by atoms with Gasteiger partial charge in [-0.25, -0.2) is 0 Å². The van der Waals surface area contributed by atoms with Gasteiger partial charge < -0.3 is 4.42 Å². The van der Waals surface area contributed by atoms with Gasteiger partial charge in [0.15, 0.2) is 0 Å². The van der Waals surface area contributed by atoms with Gasteiger partial charge in [0.2, 0.25) is 5.91 Å². The number of anilines is 1. The Labute approximate surface area is 102 Å². The van der Waals surface area contributed by atoms with Gasteiger partial charge in [0.05, 0.1) is 5.69 Å². The molecule has 0 bridgehead atoms. The standard InChI is InChI=1S/C13H20N2O2/c1-3-4-6-13(7-5-8-13)11(16)15-12-14-10(2)9-17-12/h9H,3-8H2,1-2H3,(H,14,15,16). The van der Waals surface area contributed by atoms with Crippen molar-refractivity contribution in [1.29, 1.82) is 0 Å². The molecule has 0 saturated heterocycles. The second-order valence-corrected chi connectivity index (χ2v) is 4.99. The monoisotopic (exact) mass is 236 g/mol. The Kier molecular flexibility index (Phi) is 3.50. The Bertz CT molecular complexity index is 394. The molecule has 0 atom stereocenters. The number of hydrogen-bond acceptors (Lipinski definition) is 3. The molecule has 0 spiro atoms. The number of oxazole rings is 1. The summed E-state index contributed by atoms with van der Waals surface area (Å²) in [4.78, 5) is 16.3. The number of hydrogen-bond donors (Lipinski definition) is 1. The zero-order valence-electron chi connectivity index (χ0n) is 10.6. The molecule has 1 aliphatic rings. The summed E-state index contributed by atoms with van der Waals surface area (Å²) in [5, 5.41) is 2.80. The van der Waals surface area contributed by atoms with Crippen LogP contribution in [-0.4, -0.2) is 10.9 Å². The summed E-state index contributed by atoms with van der Waals surface area (Å²) in [6, 6.07) is 0.329. The van der Waals surface area contributed by atoms with Gasteiger partial charge >= 0.3 is 6.01 Å². The lowest BCUT2D eigenvalue weighted by Crippen LogP contribution is -2.42. The largest absolute Gasteiger partial charge is 0.432 e. The topological polar surface area (TPSA) is 55.1 Å². The number of rotatable bonds is 5. The minimum Gasteiger partial charge on any atom is -0.432 e. The summed E-state index contributed by atoms with van der Waals surface area (Å²) in [7, 11) is 0. The van der Waals surface area contributed by atoms with E-state index in [-0.39, 0.29) is 11.3 Å². The zero-order valence-corrected chi connectivity index (χ0v) is 10.6. The minimum atomic E-state index is -0.154. The van der Waals surface area contributed by atoms with Gasteiger partial charge in [0.25, 0.3) is 0 Å². The van der Waals surface area contributed by atoms with E-state index in [1.807, 2.05) is 6.92 Å². The maximum Gasteiger partial charge on any atom is 0.301 e. The molecule has 1 aliphatic carbocycles. The average molecular weight is 236 g/mol. The predicted octanol–water partition coefficient (Wildman–Crippen LogP) is 3.28. The van der Waals surface area contributed by atoms with Crippen LogP contribution in [0.2, 0.25) is 0 Å². The summed E-state index contributed by atoms with van der Waals surface area (Å²) in [6.07, 6.45) is 7.92. The second-order valence-electron chi connectivity index (χ2n) is 4.99. The van der Waals surface area contributed by atoms with Crippen LogP contribution < -0.4 is 5.32 Å². The molecule has 2 rings (SSSR count). The number of carbonyl (C=O) groups excluding carboxylic acids is 1. The third-order valence-corrected chi connectivity index (χ3v) is 3.64. The minimum absolute atomic E-state index is 0.0825. The fraction of sp³-hybridized carbons (Fsp3) is 0.692. The van der Waals surface area contributed by atoms with E-state index >= 15 is 0 Å². The Morgan fingerprint density at radius 3 is 2.82 bits per heavy atom. The van der Waals surface area contributed by atoms with Crippen molar-refractivity contribution in [3.63, 3.8) is 0 Å². The molecule has 1 aromatic rings. The molecule has 0 aliphatic heterocycles. The number of aromatic nitrogens is 1. The first-order valence-electron chi connectivity index (χ1n) is 6.40. The van der Waals surface area contributed by atoms with E-state index in [0.29, 0.717) is 6.01 Å². The summed E-state index contributed by atoms with van der Waals surface area (Å²) >= 11 is 0. The first-order chi connectivity index (χ1) is 8.16. The van der Waals surface area contributed by atoms with Crippen LogP contribution in [0.5, 0.6) is 0 Å². The van der Waals surface area contributed by atoms with E-state index in [9.17, 15) is 4.79 Å². The molecule has 0 unspecified atom stereocenters. The lowest BCUT2D eigenvalue weighted by molar-refractivity contribution is -0.131. The Hall–Kier alpha value is -1.32. The molecular weight excluding hydrogens is 216 g/mol. The van der Waals surface area contributed by atoms with Gasteiger partial charge in [-0.05, 0) is 26.2 Å². The normalized spacial score (nSPS) is 17.5. The molecular formula is C13H20N2O2. The van der Waals surface area contributed by atoms with Crippen LogP contribution in [-0.2, 0) is 4.79 Å². The lowest BCUT2D eigenvalue weighted by atomic mass is 9.65. The molecule has 17 heavy (non-hydrogen) atoms. The number of nitrogens with one attached hydrogen (secondary N) is 1. The molecule has 1 fully saturated rings. The third kappa shape index (κ3) is 2.51. The SMILES string of the molecule is CCCCC1(C(=O)Nc2nc(C)co2)CCC1. The average Bonchev–Trinajstić information content (AvgIpc) is 2.62. The van der Waals surface area contributed by atoms with E-state index in [0.717, 1.165) is 44.2 Å². The van der Waals surface area contributed by atoms with E-state index in [2.05, 4.69) is 17.2 Å². The highest BCUT2D eigenvalue weighted by molar-refractivity contribution is 5.94. The maximum atomic E-state index is 12.2. The summed E-state index contributed by atoms with van der Waals surface area (Å²) in [6.45, 7) is 4.00. The third-order valence-electron chi connectivity index (χ3n) is 3.64. The number of amides is 1. The molecule has 4 nitrogen and oxygen atoms in total. The van der Waals surface area contributed by atoms with Crippen molar-refractivity contribution in [2.24, 2.45) is 5.41 Å². The van der Waals surface area contributed by atoms with E-state index in [1.165, 1.54) is 0 Å². The molecule has 0 radical (unpaired) electrons. The molecule has 1 N–H and O–H groups in total. The van der Waals surface area contributed by atoms with Crippen molar-refractivity contribution in [2.75, 3.05) is 5.32 Å². The van der Waals surface area contributed by atoms with Crippen molar-refractivity contribution in [1.82, 2.24) is 4.98 Å². The van der Waals surface area contributed by atoms with Crippen molar-refractivity contribution in [3.8, 4) is 0 Å². The summed E-state index contributed by atoms with van der Waals surface area (Å²) < 4.78 is 5.16. The molecule has 94 valence electrons. The van der Waals surface area contributed by atoms with Crippen LogP contribution in [0.1, 0.15) is 51.1 Å². The maximum absolute atomic E-state index is 12.2. The molecule has 1 amide bonds. The predicted molar refractivity (Wildman–Crippen MR) is 65.7 cm³/mol. The zero-order chi connectivity index (χ0) is 12.3. The van der Waals surface area contributed by atoms with Gasteiger partial charge in [-0.1, -0.05) is 26.2 Å². The smallest absolute Gasteiger partial charge is 0.301 e. The van der Waals surface area contributed by atoms with E-state index in [4.69, 9.17) is 4.42 Å². The number of aryl methyl sites for hydroxylation is 1. The van der Waals surface area contributed by atoms with Crippen molar-refractivity contribution < 1.29 is 9.21 Å². The van der Waals surface area contributed by atoms with Crippen LogP contribution in [0.3, 0.4) is 0 Å². The molecule has 1 heterocycles. The van der Waals surface area contributed by atoms with Gasteiger partial charge in [-0.15, -0.1) is 0 Å². The first-order valence-corrected chi connectivity index (χ1v) is 6.40. The van der Waals surface area contributed by atoms with Gasteiger partial charge in [-0.2, -0.15) is 4.98 Å². The Balaban J connectivity index is 1.98. The second kappa shape index (κ2) is 4.90. The quantitative estimate of drug-likeness (QED) is 0.853. The first kappa shape index (κ1) is 12.1. The number of nitrogens with zero attached hydrogens (tertiary/aromatic N) is 1. The highest BCUT2D eigenvalue weighted by Gasteiger charge is 2.43. The molecule has 1 saturated carbocycles. The molecule has 1 aromatic heterocycles. The van der Waals surface area contributed by atoms with Crippen molar-refractivity contribution in [3.05, 3.63) is 12.0 Å². The van der Waals surface area contributed by atoms with Gasteiger partial charge in [0, 0.05) is 5.41 Å². The fourth-order valence-corrected chi connectivity index (χ4v) is 2.35. The number of carbonyl (C=O) groups is 1. The Morgan fingerprint density at radius 2 is 2.35 bits per heavy atom. The lowest BCUT2D eigenvalue weighted by Gasteiger charge is -2.39. The highest BCUT2D eigenvalue weighted by Crippen LogP contribution is 2.45. The van der Waals surface area contributed by atoms with Crippen molar-refractivity contribution >= 4 is 11.9 Å². The van der Waals surface area contributed by atoms with Gasteiger partial charge in [-0.3, -0.25) is 10.1 Å². The van der Waals surface area contributed by atoms with Crippen LogP contribution in [0, 0.1) is 12.3 Å². The molecule has 0 aromatic carbocycles. The van der Waals surface area contributed by atoms with Crippen LogP contribution >= 0.6 is 0 Å². The summed E-state index contributed by atoms with van der Waals surface area (Å²) in [5.74, 6) is 0.0825. The van der Waals surface area contributed by atoms with Crippen LogP contribution in [0.25, 0.3) is 0 Å².